The molecule has 1 aromatic rings. The summed E-state index contributed by atoms with van der Waals surface area (Å²) in [6, 6.07) is 6.03. The summed E-state index contributed by atoms with van der Waals surface area (Å²) in [5.41, 5.74) is 0.693. The van der Waals surface area contributed by atoms with Gasteiger partial charge in [0.1, 0.15) is 12.1 Å². The van der Waals surface area contributed by atoms with Crippen LogP contribution >= 0.6 is 0 Å². The van der Waals surface area contributed by atoms with Gasteiger partial charge >= 0.3 is 0 Å². The largest absolute Gasteiger partial charge is 0.386 e. The molecule has 366 valence electrons. The van der Waals surface area contributed by atoms with Gasteiger partial charge in [-0.2, -0.15) is 0 Å². The molecule has 16 nitrogen and oxygen atoms in total. The van der Waals surface area contributed by atoms with E-state index in [0.29, 0.717) is 50.8 Å². The highest BCUT2D eigenvalue weighted by Gasteiger charge is 2.52. The lowest BCUT2D eigenvalue weighted by atomic mass is 9.89. The van der Waals surface area contributed by atoms with Gasteiger partial charge in [0.25, 0.3) is 11.8 Å². The number of carbonyl (C=O) groups is 7. The lowest BCUT2D eigenvalue weighted by Gasteiger charge is -2.41. The highest BCUT2D eigenvalue weighted by atomic mass is 16.5. The molecule has 0 unspecified atom stereocenters. The fraction of sp³-hybridized carbons (Fsp3) is 0.700. The number of likely N-dealkylation sites (N-methyl/N-ethyl adjacent to an activating group) is 1. The third-order valence-electron chi connectivity index (χ3n) is 14.8. The summed E-state index contributed by atoms with van der Waals surface area (Å²) in [6.45, 7) is 12.1. The zero-order chi connectivity index (χ0) is 48.4. The average Bonchev–Trinajstić information content (AvgIpc) is 4.13. The predicted octanol–water partition coefficient (Wildman–Crippen LogP) is 4.15. The number of likely N-dealkylation sites (tertiary alicyclic amines) is 2. The van der Waals surface area contributed by atoms with E-state index in [2.05, 4.69) is 10.6 Å². The Hall–Kier alpha value is -4.67. The van der Waals surface area contributed by atoms with E-state index in [0.717, 1.165) is 25.7 Å². The maximum absolute atomic E-state index is 14.7. The fourth-order valence-corrected chi connectivity index (χ4v) is 10.8. The van der Waals surface area contributed by atoms with Crippen LogP contribution < -0.4 is 10.6 Å². The first-order valence-electron chi connectivity index (χ1n) is 24.3. The number of rotatable bonds is 24. The van der Waals surface area contributed by atoms with Gasteiger partial charge in [-0.3, -0.25) is 38.5 Å². The summed E-state index contributed by atoms with van der Waals surface area (Å²) in [5.74, 6) is -2.90. The number of aliphatic hydroxyl groups is 1. The summed E-state index contributed by atoms with van der Waals surface area (Å²) >= 11 is 0. The van der Waals surface area contributed by atoms with Crippen molar-refractivity contribution >= 4 is 41.4 Å². The number of nitrogens with one attached hydrogen (secondary N) is 2. The lowest BCUT2D eigenvalue weighted by molar-refractivity contribution is -0.149. The Morgan fingerprint density at radius 3 is 2.18 bits per heavy atom. The Balaban J connectivity index is 1.22. The van der Waals surface area contributed by atoms with E-state index in [-0.39, 0.29) is 84.0 Å². The number of piperidine rings is 1. The molecule has 3 N–H and O–H groups in total. The first kappa shape index (κ1) is 52.3. The average molecular weight is 921 g/mol. The molecule has 0 radical (unpaired) electrons. The van der Waals surface area contributed by atoms with Crippen molar-refractivity contribution in [2.45, 2.75) is 167 Å². The summed E-state index contributed by atoms with van der Waals surface area (Å²) in [7, 11) is 4.78. The van der Waals surface area contributed by atoms with Crippen LogP contribution in [0.2, 0.25) is 0 Å². The minimum absolute atomic E-state index is 0.00313. The Kier molecular flexibility index (Phi) is 18.9. The van der Waals surface area contributed by atoms with Crippen LogP contribution in [0.15, 0.2) is 42.5 Å². The van der Waals surface area contributed by atoms with E-state index in [4.69, 9.17) is 9.47 Å². The van der Waals surface area contributed by atoms with Crippen molar-refractivity contribution in [3.8, 4) is 0 Å². The predicted molar refractivity (Wildman–Crippen MR) is 248 cm³/mol. The van der Waals surface area contributed by atoms with E-state index in [1.165, 1.54) is 24.2 Å². The van der Waals surface area contributed by atoms with Crippen molar-refractivity contribution < 1.29 is 48.1 Å². The normalized spacial score (nSPS) is 24.0. The number of amides is 7. The molecule has 0 spiro atoms. The minimum atomic E-state index is -0.904. The van der Waals surface area contributed by atoms with E-state index in [1.807, 2.05) is 58.0 Å². The van der Waals surface area contributed by atoms with Gasteiger partial charge in [-0.15, -0.1) is 0 Å². The topological polar surface area (TPSA) is 195 Å². The highest BCUT2D eigenvalue weighted by Crippen LogP contribution is 2.43. The number of methoxy groups -OCH3 is 2. The fourth-order valence-electron chi connectivity index (χ4n) is 10.8. The summed E-state index contributed by atoms with van der Waals surface area (Å²) in [5, 5.41) is 16.9. The summed E-state index contributed by atoms with van der Waals surface area (Å²) < 4.78 is 12.0. The molecule has 4 aliphatic rings. The zero-order valence-electron chi connectivity index (χ0n) is 40.6. The maximum Gasteiger partial charge on any atom is 0.253 e. The van der Waals surface area contributed by atoms with Gasteiger partial charge in [-0.05, 0) is 75.2 Å². The molecular weight excluding hydrogens is 845 g/mol. The van der Waals surface area contributed by atoms with E-state index in [9.17, 15) is 38.7 Å². The number of hydrogen-bond acceptors (Lipinski definition) is 10. The van der Waals surface area contributed by atoms with Crippen molar-refractivity contribution in [1.82, 2.24) is 30.2 Å². The van der Waals surface area contributed by atoms with E-state index < -0.39 is 48.4 Å². The molecule has 16 heteroatoms. The maximum atomic E-state index is 14.7. The lowest BCUT2D eigenvalue weighted by Crippen LogP contribution is -2.60. The Morgan fingerprint density at radius 1 is 0.879 bits per heavy atom. The molecule has 3 heterocycles. The second-order valence-electron chi connectivity index (χ2n) is 19.4. The molecule has 5 rings (SSSR count). The van der Waals surface area contributed by atoms with Gasteiger partial charge in [0, 0.05) is 59.0 Å². The first-order valence-corrected chi connectivity index (χ1v) is 24.3. The van der Waals surface area contributed by atoms with Gasteiger partial charge in [-0.1, -0.05) is 77.8 Å². The number of ether oxygens (including phenoxy) is 2. The zero-order valence-corrected chi connectivity index (χ0v) is 40.6. The number of unbranched alkanes of at least 4 members (excludes halogenated alkanes) is 2. The SMILES string of the molecule is CC[C@H](C)[C@@H]([C@@H](CC(=O)N1CCC[C@H]1[C@H](OC)[C@@H](C)C(=O)N[C@H](C)[C@@H](O)c1ccccc1)OC)N(C)C(=O)[C@@H](NC(=O)[C@@H]1[C@H]2CC[C@@H](C2)N1C(=O)CCCCCN1C(=O)C=CC1=O)C(C)C. The van der Waals surface area contributed by atoms with Gasteiger partial charge < -0.3 is 39.9 Å². The van der Waals surface area contributed by atoms with Crippen LogP contribution in [-0.4, -0.2) is 149 Å². The number of aliphatic hydroxyl groups excluding tert-OH is 1. The van der Waals surface area contributed by atoms with Crippen LogP contribution in [-0.2, 0) is 43.0 Å². The molecule has 1 aromatic carbocycles. The quantitative estimate of drug-likeness (QED) is 0.100. The molecule has 12 atom stereocenters. The number of hydrogen-bond donors (Lipinski definition) is 3. The molecule has 3 fully saturated rings. The van der Waals surface area contributed by atoms with Crippen LogP contribution in [0.25, 0.3) is 0 Å². The standard InChI is InChI=1S/C50H76N6O10/c1-10-31(4)44(38(65-8)29-42(60)54-27-17-20-37(54)47(66-9)32(5)48(62)51-33(6)46(61)34-18-13-11-14-19-34)53(7)50(64)43(30(2)3)52-49(63)45-35-22-23-36(28-35)56(45)41(59)21-15-12-16-26-55-39(57)24-25-40(55)58/h11,13-14,18-19,24-25,30-33,35-38,43-47,61H,10,12,15-17,20-23,26-29H2,1-9H3,(H,51,62)(H,52,63)/t31-,32+,33+,35-,36-,37-,38+,43-,44-,45-,46+,47+/m0/s1. The van der Waals surface area contributed by atoms with Gasteiger partial charge in [0.05, 0.1) is 48.8 Å². The first-order chi connectivity index (χ1) is 31.4. The highest BCUT2D eigenvalue weighted by molar-refractivity contribution is 6.12. The molecule has 2 saturated heterocycles. The third kappa shape index (κ3) is 12.1. The number of nitrogens with zero attached hydrogens (tertiary/aromatic N) is 4. The van der Waals surface area contributed by atoms with E-state index >= 15 is 0 Å². The van der Waals surface area contributed by atoms with Crippen molar-refractivity contribution in [2.24, 2.45) is 23.7 Å². The van der Waals surface area contributed by atoms with Gasteiger partial charge in [0.15, 0.2) is 0 Å². The monoisotopic (exact) mass is 921 g/mol. The number of carbonyl (C=O) groups excluding carboxylic acids is 7. The van der Waals surface area contributed by atoms with Crippen LogP contribution in [0.3, 0.4) is 0 Å². The number of fused-ring (bicyclic) bond motifs is 2. The van der Waals surface area contributed by atoms with Crippen molar-refractivity contribution in [1.29, 1.82) is 0 Å². The number of benzene rings is 1. The molecule has 2 bridgehead atoms. The molecule has 7 amide bonds. The second-order valence-corrected chi connectivity index (χ2v) is 19.4. The summed E-state index contributed by atoms with van der Waals surface area (Å²) in [6.07, 6.45) is 6.76. The van der Waals surface area contributed by atoms with Gasteiger partial charge in [0.2, 0.25) is 29.5 Å². The van der Waals surface area contributed by atoms with Crippen LogP contribution in [0.1, 0.15) is 124 Å². The van der Waals surface area contributed by atoms with Crippen LogP contribution in [0.5, 0.6) is 0 Å². The Morgan fingerprint density at radius 2 is 1.56 bits per heavy atom. The Bertz CT molecular complexity index is 1880. The Labute approximate surface area is 391 Å². The summed E-state index contributed by atoms with van der Waals surface area (Å²) in [4.78, 5) is 101. The number of imide groups is 1. The van der Waals surface area contributed by atoms with Crippen molar-refractivity contribution in [3.05, 3.63) is 48.0 Å². The second kappa shape index (κ2) is 23.9. The van der Waals surface area contributed by atoms with Crippen molar-refractivity contribution in [2.75, 3.05) is 34.4 Å². The third-order valence-corrected chi connectivity index (χ3v) is 14.8. The van der Waals surface area contributed by atoms with E-state index in [1.54, 1.807) is 42.7 Å². The van der Waals surface area contributed by atoms with Crippen LogP contribution in [0, 0.1) is 23.7 Å². The molecule has 0 aromatic heterocycles. The molecule has 66 heavy (non-hydrogen) atoms. The van der Waals surface area contributed by atoms with Crippen LogP contribution in [0.4, 0.5) is 0 Å². The molecule has 1 saturated carbocycles. The van der Waals surface area contributed by atoms with Gasteiger partial charge in [-0.25, -0.2) is 0 Å². The molecule has 1 aliphatic carbocycles. The minimum Gasteiger partial charge on any atom is -0.386 e. The molecule has 3 aliphatic heterocycles. The molecular formula is C50H76N6O10. The van der Waals surface area contributed by atoms with Crippen molar-refractivity contribution in [3.63, 3.8) is 0 Å². The smallest absolute Gasteiger partial charge is 0.253 e.